The predicted octanol–water partition coefficient (Wildman–Crippen LogP) is 1.71. The standard InChI is InChI=1S/C13H18N2O3S/c1-9(2-5-13(16)15-14)19-10-3-4-11-12(8-10)18-7-6-17-11/h3-4,8-9H,2,5-7,14H2,1H3,(H,15,16). The molecule has 2 rings (SSSR count). The van der Waals surface area contributed by atoms with Crippen LogP contribution in [0, 0.1) is 0 Å². The summed E-state index contributed by atoms with van der Waals surface area (Å²) in [5.41, 5.74) is 2.14. The van der Waals surface area contributed by atoms with Gasteiger partial charge in [0.15, 0.2) is 11.5 Å². The van der Waals surface area contributed by atoms with Crippen molar-refractivity contribution < 1.29 is 14.3 Å². The summed E-state index contributed by atoms with van der Waals surface area (Å²) in [6, 6.07) is 5.92. The van der Waals surface area contributed by atoms with Crippen LogP contribution in [0.25, 0.3) is 0 Å². The van der Waals surface area contributed by atoms with Gasteiger partial charge in [0, 0.05) is 16.6 Å². The smallest absolute Gasteiger partial charge is 0.233 e. The van der Waals surface area contributed by atoms with Crippen molar-refractivity contribution in [2.24, 2.45) is 5.84 Å². The van der Waals surface area contributed by atoms with E-state index in [1.165, 1.54) is 0 Å². The molecule has 104 valence electrons. The van der Waals surface area contributed by atoms with Crippen LogP contribution in [-0.2, 0) is 4.79 Å². The van der Waals surface area contributed by atoms with Crippen molar-refractivity contribution in [1.29, 1.82) is 0 Å². The van der Waals surface area contributed by atoms with Gasteiger partial charge in [0.05, 0.1) is 0 Å². The Labute approximate surface area is 116 Å². The van der Waals surface area contributed by atoms with Crippen molar-refractivity contribution in [3.05, 3.63) is 18.2 Å². The number of amides is 1. The number of rotatable bonds is 5. The molecule has 0 saturated heterocycles. The predicted molar refractivity (Wildman–Crippen MR) is 74.3 cm³/mol. The zero-order chi connectivity index (χ0) is 13.7. The Morgan fingerprint density at radius 3 is 2.89 bits per heavy atom. The van der Waals surface area contributed by atoms with Gasteiger partial charge in [-0.2, -0.15) is 0 Å². The summed E-state index contributed by atoms with van der Waals surface area (Å²) in [7, 11) is 0. The maximum absolute atomic E-state index is 11.1. The van der Waals surface area contributed by atoms with E-state index in [9.17, 15) is 4.79 Å². The lowest BCUT2D eigenvalue weighted by molar-refractivity contribution is -0.121. The summed E-state index contributed by atoms with van der Waals surface area (Å²) in [5, 5.41) is 0.333. The monoisotopic (exact) mass is 282 g/mol. The average Bonchev–Trinajstić information content (AvgIpc) is 2.44. The van der Waals surface area contributed by atoms with Gasteiger partial charge in [-0.05, 0) is 24.6 Å². The van der Waals surface area contributed by atoms with Crippen LogP contribution in [0.1, 0.15) is 19.8 Å². The number of hydrazine groups is 1. The molecule has 5 nitrogen and oxygen atoms in total. The molecule has 1 aromatic carbocycles. The van der Waals surface area contributed by atoms with Crippen LogP contribution in [0.3, 0.4) is 0 Å². The molecule has 19 heavy (non-hydrogen) atoms. The number of hydrogen-bond donors (Lipinski definition) is 2. The first kappa shape index (κ1) is 14.0. The molecule has 0 aromatic heterocycles. The molecule has 1 aliphatic rings. The highest BCUT2D eigenvalue weighted by atomic mass is 32.2. The number of ether oxygens (including phenoxy) is 2. The molecule has 0 radical (unpaired) electrons. The Morgan fingerprint density at radius 2 is 2.16 bits per heavy atom. The molecule has 0 bridgehead atoms. The number of thioether (sulfide) groups is 1. The molecule has 1 amide bonds. The van der Waals surface area contributed by atoms with E-state index in [1.807, 2.05) is 18.2 Å². The first-order chi connectivity index (χ1) is 9.19. The Kier molecular flexibility index (Phi) is 4.93. The SMILES string of the molecule is CC(CCC(=O)NN)Sc1ccc2c(c1)OCCO2. The minimum Gasteiger partial charge on any atom is -0.486 e. The van der Waals surface area contributed by atoms with Crippen LogP contribution < -0.4 is 20.7 Å². The van der Waals surface area contributed by atoms with Crippen LogP contribution in [0.5, 0.6) is 11.5 Å². The summed E-state index contributed by atoms with van der Waals surface area (Å²) in [4.78, 5) is 12.2. The highest BCUT2D eigenvalue weighted by Crippen LogP contribution is 2.36. The third kappa shape index (κ3) is 4.04. The van der Waals surface area contributed by atoms with Crippen LogP contribution in [-0.4, -0.2) is 24.4 Å². The lowest BCUT2D eigenvalue weighted by Gasteiger charge is -2.19. The minimum atomic E-state index is -0.130. The van der Waals surface area contributed by atoms with E-state index < -0.39 is 0 Å². The van der Waals surface area contributed by atoms with Crippen molar-refractivity contribution in [1.82, 2.24) is 5.43 Å². The van der Waals surface area contributed by atoms with E-state index in [1.54, 1.807) is 11.8 Å². The van der Waals surface area contributed by atoms with Crippen LogP contribution in [0.15, 0.2) is 23.1 Å². The van der Waals surface area contributed by atoms with Gasteiger partial charge in [0.2, 0.25) is 5.91 Å². The fourth-order valence-electron chi connectivity index (χ4n) is 1.79. The van der Waals surface area contributed by atoms with E-state index in [0.29, 0.717) is 24.9 Å². The number of carbonyl (C=O) groups is 1. The summed E-state index contributed by atoms with van der Waals surface area (Å²) in [6.07, 6.45) is 1.22. The zero-order valence-electron chi connectivity index (χ0n) is 10.8. The van der Waals surface area contributed by atoms with E-state index in [-0.39, 0.29) is 5.91 Å². The van der Waals surface area contributed by atoms with Gasteiger partial charge < -0.3 is 9.47 Å². The van der Waals surface area contributed by atoms with Gasteiger partial charge in [0.25, 0.3) is 0 Å². The molecule has 0 spiro atoms. The largest absolute Gasteiger partial charge is 0.486 e. The fourth-order valence-corrected chi connectivity index (χ4v) is 2.82. The Hall–Kier alpha value is -1.40. The average molecular weight is 282 g/mol. The molecule has 0 fully saturated rings. The van der Waals surface area contributed by atoms with Gasteiger partial charge in [-0.15, -0.1) is 11.8 Å². The minimum absolute atomic E-state index is 0.130. The third-order valence-corrected chi connectivity index (χ3v) is 3.95. The highest BCUT2D eigenvalue weighted by Gasteiger charge is 2.13. The summed E-state index contributed by atoms with van der Waals surface area (Å²) in [6.45, 7) is 3.28. The summed E-state index contributed by atoms with van der Waals surface area (Å²) >= 11 is 1.71. The normalized spacial score (nSPS) is 14.8. The van der Waals surface area contributed by atoms with Crippen molar-refractivity contribution in [3.63, 3.8) is 0 Å². The third-order valence-electron chi connectivity index (χ3n) is 2.79. The van der Waals surface area contributed by atoms with E-state index >= 15 is 0 Å². The maximum atomic E-state index is 11.1. The highest BCUT2D eigenvalue weighted by molar-refractivity contribution is 7.99. The molecular weight excluding hydrogens is 264 g/mol. The molecule has 1 unspecified atom stereocenters. The van der Waals surface area contributed by atoms with Crippen molar-refractivity contribution >= 4 is 17.7 Å². The van der Waals surface area contributed by atoms with Crippen molar-refractivity contribution in [3.8, 4) is 11.5 Å². The lowest BCUT2D eigenvalue weighted by atomic mass is 10.2. The number of benzene rings is 1. The first-order valence-electron chi connectivity index (χ1n) is 6.25. The van der Waals surface area contributed by atoms with E-state index in [2.05, 4.69) is 12.3 Å². The molecule has 1 aromatic rings. The topological polar surface area (TPSA) is 73.6 Å². The molecule has 1 atom stereocenters. The van der Waals surface area contributed by atoms with Crippen molar-refractivity contribution in [2.45, 2.75) is 29.9 Å². The van der Waals surface area contributed by atoms with Gasteiger partial charge >= 0.3 is 0 Å². The Bertz CT molecular complexity index is 454. The second-order valence-corrected chi connectivity index (χ2v) is 5.85. The molecule has 1 heterocycles. The molecule has 6 heteroatoms. The summed E-state index contributed by atoms with van der Waals surface area (Å²) in [5.74, 6) is 6.51. The summed E-state index contributed by atoms with van der Waals surface area (Å²) < 4.78 is 11.0. The van der Waals surface area contributed by atoms with Gasteiger partial charge in [-0.3, -0.25) is 10.2 Å². The quantitative estimate of drug-likeness (QED) is 0.372. The number of nitrogens with two attached hydrogens (primary N) is 1. The van der Waals surface area contributed by atoms with Gasteiger partial charge in [-0.1, -0.05) is 6.92 Å². The maximum Gasteiger partial charge on any atom is 0.233 e. The second-order valence-electron chi connectivity index (χ2n) is 4.34. The Balaban J connectivity index is 1.90. The van der Waals surface area contributed by atoms with Crippen LogP contribution in [0.4, 0.5) is 0 Å². The van der Waals surface area contributed by atoms with Gasteiger partial charge in [0.1, 0.15) is 13.2 Å². The molecule has 1 aliphatic heterocycles. The first-order valence-corrected chi connectivity index (χ1v) is 7.13. The number of fused-ring (bicyclic) bond motifs is 1. The van der Waals surface area contributed by atoms with E-state index in [0.717, 1.165) is 22.8 Å². The second kappa shape index (κ2) is 6.68. The Morgan fingerprint density at radius 1 is 1.42 bits per heavy atom. The van der Waals surface area contributed by atoms with Crippen molar-refractivity contribution in [2.75, 3.05) is 13.2 Å². The fraction of sp³-hybridized carbons (Fsp3) is 0.462. The molecule has 0 aliphatic carbocycles. The number of nitrogens with one attached hydrogen (secondary N) is 1. The molecule has 0 saturated carbocycles. The molecule has 3 N–H and O–H groups in total. The molecular formula is C13H18N2O3S. The van der Waals surface area contributed by atoms with Crippen LogP contribution >= 0.6 is 11.8 Å². The zero-order valence-corrected chi connectivity index (χ0v) is 11.7. The lowest BCUT2D eigenvalue weighted by Crippen LogP contribution is -2.30. The number of carbonyl (C=O) groups excluding carboxylic acids is 1. The number of hydrogen-bond acceptors (Lipinski definition) is 5. The van der Waals surface area contributed by atoms with E-state index in [4.69, 9.17) is 15.3 Å². The van der Waals surface area contributed by atoms with Crippen LogP contribution in [0.2, 0.25) is 0 Å². The van der Waals surface area contributed by atoms with Gasteiger partial charge in [-0.25, -0.2) is 5.84 Å².